The van der Waals surface area contributed by atoms with Crippen molar-refractivity contribution in [2.24, 2.45) is 5.92 Å². The quantitative estimate of drug-likeness (QED) is 0.836. The van der Waals surface area contributed by atoms with Crippen LogP contribution in [0.2, 0.25) is 0 Å². The molecule has 2 atom stereocenters. The first-order chi connectivity index (χ1) is 10.5. The zero-order valence-electron chi connectivity index (χ0n) is 13.2. The Kier molecular flexibility index (Phi) is 5.55. The molecule has 1 aromatic rings. The molecule has 0 saturated heterocycles. The molecule has 1 aliphatic rings. The van der Waals surface area contributed by atoms with E-state index >= 15 is 0 Å². The number of nitrogens with one attached hydrogen (secondary N) is 1. The Morgan fingerprint density at radius 1 is 1.36 bits per heavy atom. The van der Waals surface area contributed by atoms with E-state index < -0.39 is 6.10 Å². The van der Waals surface area contributed by atoms with Crippen LogP contribution >= 0.6 is 0 Å². The first-order valence-corrected chi connectivity index (χ1v) is 7.86. The van der Waals surface area contributed by atoms with E-state index in [4.69, 9.17) is 0 Å². The Bertz CT molecular complexity index is 544. The second kappa shape index (κ2) is 7.40. The van der Waals surface area contributed by atoms with Crippen molar-refractivity contribution in [2.75, 3.05) is 18.0 Å². The maximum absolute atomic E-state index is 12.1. The van der Waals surface area contributed by atoms with Crippen LogP contribution in [0.25, 0.3) is 0 Å². The first-order valence-electron chi connectivity index (χ1n) is 7.86. The molecular weight excluding hydrogens is 280 g/mol. The summed E-state index contributed by atoms with van der Waals surface area (Å²) in [6.45, 7) is 4.17. The predicted molar refractivity (Wildman–Crippen MR) is 85.6 cm³/mol. The Morgan fingerprint density at radius 3 is 2.82 bits per heavy atom. The SMILES string of the molecule is CCC(C)C(O)CNC(=O)CN1C(=O)CCc2ccccc21. The van der Waals surface area contributed by atoms with Gasteiger partial charge in [-0.3, -0.25) is 9.59 Å². The van der Waals surface area contributed by atoms with Crippen LogP contribution in [-0.4, -0.2) is 36.1 Å². The molecule has 0 bridgehead atoms. The largest absolute Gasteiger partial charge is 0.391 e. The molecule has 120 valence electrons. The number of fused-ring (bicyclic) bond motifs is 1. The molecular formula is C17H24N2O3. The number of carbonyl (C=O) groups excluding carboxylic acids is 2. The Morgan fingerprint density at radius 2 is 2.09 bits per heavy atom. The molecule has 2 unspecified atom stereocenters. The second-order valence-electron chi connectivity index (χ2n) is 5.87. The van der Waals surface area contributed by atoms with Crippen molar-refractivity contribution in [3.05, 3.63) is 29.8 Å². The van der Waals surface area contributed by atoms with Crippen molar-refractivity contribution >= 4 is 17.5 Å². The van der Waals surface area contributed by atoms with Gasteiger partial charge in [-0.2, -0.15) is 0 Å². The van der Waals surface area contributed by atoms with Gasteiger partial charge in [-0.05, 0) is 24.0 Å². The summed E-state index contributed by atoms with van der Waals surface area (Å²) in [5.41, 5.74) is 1.91. The fraction of sp³-hybridized carbons (Fsp3) is 0.529. The normalized spacial score (nSPS) is 16.9. The lowest BCUT2D eigenvalue weighted by atomic mass is 10.0. The average molecular weight is 304 g/mol. The van der Waals surface area contributed by atoms with Crippen LogP contribution in [0.5, 0.6) is 0 Å². The number of carbonyl (C=O) groups is 2. The van der Waals surface area contributed by atoms with Crippen molar-refractivity contribution in [1.29, 1.82) is 0 Å². The van der Waals surface area contributed by atoms with Crippen LogP contribution < -0.4 is 10.2 Å². The monoisotopic (exact) mass is 304 g/mol. The van der Waals surface area contributed by atoms with Crippen molar-refractivity contribution in [1.82, 2.24) is 5.32 Å². The number of hydrogen-bond donors (Lipinski definition) is 2. The molecule has 0 saturated carbocycles. The lowest BCUT2D eigenvalue weighted by molar-refractivity contribution is -0.124. The van der Waals surface area contributed by atoms with Gasteiger partial charge in [-0.15, -0.1) is 0 Å². The minimum Gasteiger partial charge on any atom is -0.391 e. The molecule has 1 heterocycles. The van der Waals surface area contributed by atoms with Crippen LogP contribution in [0.3, 0.4) is 0 Å². The number of aliphatic hydroxyl groups is 1. The van der Waals surface area contributed by atoms with E-state index in [1.165, 1.54) is 4.90 Å². The van der Waals surface area contributed by atoms with E-state index in [0.717, 1.165) is 24.1 Å². The van der Waals surface area contributed by atoms with Gasteiger partial charge in [0.1, 0.15) is 6.54 Å². The zero-order chi connectivity index (χ0) is 16.1. The molecule has 0 aromatic heterocycles. The van der Waals surface area contributed by atoms with Gasteiger partial charge in [-0.25, -0.2) is 0 Å². The molecule has 0 fully saturated rings. The Balaban J connectivity index is 1.95. The molecule has 1 aromatic carbocycles. The number of amides is 2. The number of hydrogen-bond acceptors (Lipinski definition) is 3. The van der Waals surface area contributed by atoms with E-state index in [2.05, 4.69) is 5.32 Å². The summed E-state index contributed by atoms with van der Waals surface area (Å²) in [6, 6.07) is 7.66. The van der Waals surface area contributed by atoms with Gasteiger partial charge in [0.25, 0.3) is 0 Å². The number of aliphatic hydroxyl groups excluding tert-OH is 1. The highest BCUT2D eigenvalue weighted by Crippen LogP contribution is 2.27. The molecule has 2 amide bonds. The topological polar surface area (TPSA) is 69.6 Å². The number of anilines is 1. The molecule has 2 rings (SSSR count). The third-order valence-corrected chi connectivity index (χ3v) is 4.30. The minimum absolute atomic E-state index is 0.00305. The van der Waals surface area contributed by atoms with Crippen LogP contribution in [-0.2, 0) is 16.0 Å². The van der Waals surface area contributed by atoms with Gasteiger partial charge in [0.15, 0.2) is 0 Å². The summed E-state index contributed by atoms with van der Waals surface area (Å²) in [5, 5.41) is 12.6. The van der Waals surface area contributed by atoms with Gasteiger partial charge in [-0.1, -0.05) is 38.5 Å². The van der Waals surface area contributed by atoms with Crippen molar-refractivity contribution < 1.29 is 14.7 Å². The van der Waals surface area contributed by atoms with Gasteiger partial charge in [0, 0.05) is 18.7 Å². The van der Waals surface area contributed by atoms with Gasteiger partial charge >= 0.3 is 0 Å². The lowest BCUT2D eigenvalue weighted by Crippen LogP contribution is -2.45. The molecule has 22 heavy (non-hydrogen) atoms. The van der Waals surface area contributed by atoms with Crippen LogP contribution in [0.4, 0.5) is 5.69 Å². The molecule has 1 aliphatic heterocycles. The lowest BCUT2D eigenvalue weighted by Gasteiger charge is -2.29. The number of aryl methyl sites for hydroxylation is 1. The van der Waals surface area contributed by atoms with Crippen molar-refractivity contribution in [3.63, 3.8) is 0 Å². The third kappa shape index (κ3) is 3.85. The van der Waals surface area contributed by atoms with Crippen LogP contribution in [0.1, 0.15) is 32.3 Å². The summed E-state index contributed by atoms with van der Waals surface area (Å²) < 4.78 is 0. The first kappa shape index (κ1) is 16.5. The van der Waals surface area contributed by atoms with E-state index in [1.807, 2.05) is 38.1 Å². The second-order valence-corrected chi connectivity index (χ2v) is 5.87. The number of benzene rings is 1. The Labute approximate surface area is 131 Å². The van der Waals surface area contributed by atoms with E-state index in [0.29, 0.717) is 6.42 Å². The van der Waals surface area contributed by atoms with E-state index in [-0.39, 0.29) is 30.8 Å². The molecule has 0 radical (unpaired) electrons. The fourth-order valence-electron chi connectivity index (χ4n) is 2.56. The number of nitrogens with zero attached hydrogens (tertiary/aromatic N) is 1. The fourth-order valence-corrected chi connectivity index (χ4v) is 2.56. The standard InChI is InChI=1S/C17H24N2O3/c1-3-12(2)15(20)10-18-16(21)11-19-14-7-5-4-6-13(14)8-9-17(19)22/h4-7,12,15,20H,3,8-11H2,1-2H3,(H,18,21). The molecule has 0 spiro atoms. The predicted octanol–water partition coefficient (Wildman–Crippen LogP) is 1.49. The highest BCUT2D eigenvalue weighted by molar-refractivity contribution is 6.00. The maximum Gasteiger partial charge on any atom is 0.240 e. The smallest absolute Gasteiger partial charge is 0.240 e. The Hall–Kier alpha value is -1.88. The van der Waals surface area contributed by atoms with Gasteiger partial charge < -0.3 is 15.3 Å². The van der Waals surface area contributed by atoms with Gasteiger partial charge in [0.2, 0.25) is 11.8 Å². The highest BCUT2D eigenvalue weighted by atomic mass is 16.3. The van der Waals surface area contributed by atoms with Gasteiger partial charge in [0.05, 0.1) is 6.10 Å². The maximum atomic E-state index is 12.1. The van der Waals surface area contributed by atoms with Crippen LogP contribution in [0, 0.1) is 5.92 Å². The summed E-state index contributed by atoms with van der Waals surface area (Å²) >= 11 is 0. The molecule has 5 nitrogen and oxygen atoms in total. The summed E-state index contributed by atoms with van der Waals surface area (Å²) in [7, 11) is 0. The zero-order valence-corrected chi connectivity index (χ0v) is 13.2. The van der Waals surface area contributed by atoms with E-state index in [1.54, 1.807) is 0 Å². The summed E-state index contributed by atoms with van der Waals surface area (Å²) in [6.07, 6.45) is 1.45. The molecule has 5 heteroatoms. The van der Waals surface area contributed by atoms with Crippen molar-refractivity contribution in [3.8, 4) is 0 Å². The number of rotatable bonds is 6. The summed E-state index contributed by atoms with van der Waals surface area (Å²) in [4.78, 5) is 25.7. The average Bonchev–Trinajstić information content (AvgIpc) is 2.54. The van der Waals surface area contributed by atoms with E-state index in [9.17, 15) is 14.7 Å². The molecule has 2 N–H and O–H groups in total. The number of para-hydroxylation sites is 1. The van der Waals surface area contributed by atoms with Crippen molar-refractivity contribution in [2.45, 2.75) is 39.2 Å². The summed E-state index contributed by atoms with van der Waals surface area (Å²) in [5.74, 6) is -0.138. The molecule has 0 aliphatic carbocycles. The third-order valence-electron chi connectivity index (χ3n) is 4.30. The highest BCUT2D eigenvalue weighted by Gasteiger charge is 2.25. The minimum atomic E-state index is -0.557. The van der Waals surface area contributed by atoms with Crippen LogP contribution in [0.15, 0.2) is 24.3 Å².